The van der Waals surface area contributed by atoms with E-state index in [1.807, 2.05) is 43.2 Å². The second-order valence-electron chi connectivity index (χ2n) is 10.2. The van der Waals surface area contributed by atoms with Crippen molar-refractivity contribution < 1.29 is 19.4 Å². The van der Waals surface area contributed by atoms with E-state index in [-0.39, 0.29) is 18.0 Å². The van der Waals surface area contributed by atoms with Gasteiger partial charge in [-0.15, -0.1) is 45.3 Å². The fourth-order valence-electron chi connectivity index (χ4n) is 5.15. The number of nitriles is 2. The van der Waals surface area contributed by atoms with Crippen molar-refractivity contribution in [3.05, 3.63) is 124 Å². The van der Waals surface area contributed by atoms with E-state index < -0.39 is 0 Å². The van der Waals surface area contributed by atoms with Gasteiger partial charge in [-0.1, -0.05) is 42.5 Å². The maximum absolute atomic E-state index is 10.6. The third-order valence-corrected chi connectivity index (χ3v) is 11.8. The van der Waals surface area contributed by atoms with E-state index in [9.17, 15) is 9.90 Å². The number of thiophene rings is 4. The zero-order valence-electron chi connectivity index (χ0n) is 25.4. The van der Waals surface area contributed by atoms with Gasteiger partial charge < -0.3 is 19.5 Å². The molecule has 238 valence electrons. The molecule has 0 spiro atoms. The van der Waals surface area contributed by atoms with Crippen LogP contribution >= 0.6 is 45.3 Å². The Bertz CT molecular complexity index is 2340. The fraction of sp³-hybridized carbons (Fsp3) is 0. The summed E-state index contributed by atoms with van der Waals surface area (Å²) in [4.78, 5) is 24.9. The molecule has 0 fully saturated rings. The van der Waals surface area contributed by atoms with Gasteiger partial charge in [0.15, 0.2) is 5.76 Å². The van der Waals surface area contributed by atoms with Crippen molar-refractivity contribution in [2.45, 2.75) is 0 Å². The fourth-order valence-corrected chi connectivity index (χ4v) is 9.85. The quantitative estimate of drug-likeness (QED) is 0.0685. The van der Waals surface area contributed by atoms with Gasteiger partial charge in [0.25, 0.3) is 6.47 Å². The monoisotopic (exact) mass is 713 g/mol. The molecule has 0 saturated heterocycles. The lowest BCUT2D eigenvalue weighted by Crippen LogP contribution is -2.09. The minimum Gasteiger partial charge on any atom is -0.499 e. The van der Waals surface area contributed by atoms with Gasteiger partial charge in [0.05, 0.1) is 0 Å². The van der Waals surface area contributed by atoms with Gasteiger partial charge in [-0.25, -0.2) is 0 Å². The molecule has 0 unspecified atom stereocenters. The predicted octanol–water partition coefficient (Wildman–Crippen LogP) is 11.3. The van der Waals surface area contributed by atoms with Crippen molar-refractivity contribution in [1.29, 1.82) is 10.5 Å². The van der Waals surface area contributed by atoms with E-state index in [1.54, 1.807) is 57.5 Å². The van der Waals surface area contributed by atoms with E-state index in [1.165, 1.54) is 6.08 Å². The molecule has 0 aliphatic rings. The second kappa shape index (κ2) is 14.9. The van der Waals surface area contributed by atoms with Gasteiger partial charge in [-0.2, -0.15) is 10.5 Å². The number of hydrogen-bond donors (Lipinski definition) is 1. The number of ether oxygens (including phenoxy) is 1. The third-order valence-electron chi connectivity index (χ3n) is 7.24. The number of allylic oxidation sites excluding steroid dienone is 2. The zero-order chi connectivity index (χ0) is 34.3. The van der Waals surface area contributed by atoms with E-state index in [4.69, 9.17) is 20.1 Å². The Morgan fingerprint density at radius 2 is 1.12 bits per heavy atom. The Morgan fingerprint density at radius 1 is 0.653 bits per heavy atom. The first-order chi connectivity index (χ1) is 24.0. The van der Waals surface area contributed by atoms with Crippen molar-refractivity contribution in [2.75, 3.05) is 4.90 Å². The van der Waals surface area contributed by atoms with Crippen molar-refractivity contribution >= 4 is 107 Å². The molecule has 4 heterocycles. The maximum atomic E-state index is 10.6. The molecule has 7 aromatic rings. The molecule has 0 amide bonds. The lowest BCUT2D eigenvalue weighted by atomic mass is 10.1. The Hall–Kier alpha value is -5.82. The van der Waals surface area contributed by atoms with Gasteiger partial charge in [-0.3, -0.25) is 4.79 Å². The Balaban J connectivity index is 0.00000205. The summed E-state index contributed by atoms with van der Waals surface area (Å²) in [7, 11) is 0. The first kappa shape index (κ1) is 33.1. The standard InChI is InChI=1S/C37H21N3O3S4.CH2O/c38-20-28(42)14-30-16-34-36(44-30)18-32(46-34)23-6-10-26(11-7-23)40(25-4-2-1-3-5-25)27-12-8-24(9-13-27)33-19-37-35(47-33)17-31(45-37)15-29(21-39)43-22-41;1-2/h1-19,22,42H;1H2/b28-14+,29-15+;. The predicted molar refractivity (Wildman–Crippen MR) is 203 cm³/mol. The molecule has 1 N–H and O–H groups in total. The molecule has 0 atom stereocenters. The lowest BCUT2D eigenvalue weighted by Gasteiger charge is -2.25. The summed E-state index contributed by atoms with van der Waals surface area (Å²) in [5.41, 5.74) is 5.37. The van der Waals surface area contributed by atoms with Crippen molar-refractivity contribution in [1.82, 2.24) is 0 Å². The van der Waals surface area contributed by atoms with Crippen LogP contribution < -0.4 is 4.90 Å². The molecule has 11 heteroatoms. The van der Waals surface area contributed by atoms with Gasteiger partial charge in [0.1, 0.15) is 18.9 Å². The summed E-state index contributed by atoms with van der Waals surface area (Å²) in [5.74, 6) is -0.321. The number of fused-ring (bicyclic) bond motifs is 2. The van der Waals surface area contributed by atoms with Gasteiger partial charge in [-0.05, 0) is 71.8 Å². The van der Waals surface area contributed by atoms with E-state index >= 15 is 0 Å². The number of aliphatic hydroxyl groups is 1. The van der Waals surface area contributed by atoms with Crippen LogP contribution in [0.5, 0.6) is 0 Å². The Kier molecular flexibility index (Phi) is 10.1. The van der Waals surface area contributed by atoms with Crippen LogP contribution in [0, 0.1) is 22.7 Å². The summed E-state index contributed by atoms with van der Waals surface area (Å²) in [6.07, 6.45) is 3.07. The second-order valence-corrected chi connectivity index (χ2v) is 14.6. The molecule has 0 bridgehead atoms. The highest BCUT2D eigenvalue weighted by atomic mass is 32.1. The highest BCUT2D eigenvalue weighted by Crippen LogP contribution is 2.42. The number of carbonyl (C=O) groups excluding carboxylic acids is 2. The molecule has 0 aliphatic heterocycles. The SMILES string of the molecule is C=O.N#C/C(O)=C\c1cc2sc(-c3ccc(N(c4ccccc4)c4ccc(-c5cc6sc(/C=C(\C#N)OC=O)cc6s5)cc4)cc3)cc2s1. The van der Waals surface area contributed by atoms with Gasteiger partial charge in [0, 0.05) is 67.5 Å². The Morgan fingerprint density at radius 3 is 1.57 bits per heavy atom. The van der Waals surface area contributed by atoms with E-state index in [0.29, 0.717) is 0 Å². The average Bonchev–Trinajstić information content (AvgIpc) is 3.91. The van der Waals surface area contributed by atoms with Crippen LogP contribution in [0.25, 0.3) is 51.8 Å². The first-order valence-corrected chi connectivity index (χ1v) is 17.7. The molecule has 49 heavy (non-hydrogen) atoms. The van der Waals surface area contributed by atoms with Crippen LogP contribution in [0.2, 0.25) is 0 Å². The number of carbonyl (C=O) groups is 2. The number of rotatable bonds is 9. The number of hydrogen-bond acceptors (Lipinski definition) is 11. The number of para-hydroxylation sites is 1. The molecular weight excluding hydrogens is 691 g/mol. The molecule has 0 aliphatic carbocycles. The van der Waals surface area contributed by atoms with Crippen LogP contribution in [0.3, 0.4) is 0 Å². The highest BCUT2D eigenvalue weighted by Gasteiger charge is 2.15. The minimum atomic E-state index is -0.290. The molecule has 7 nitrogen and oxygen atoms in total. The van der Waals surface area contributed by atoms with Crippen molar-refractivity contribution in [2.24, 2.45) is 0 Å². The molecule has 3 aromatic carbocycles. The van der Waals surface area contributed by atoms with Crippen LogP contribution in [-0.2, 0) is 14.3 Å². The van der Waals surface area contributed by atoms with E-state index in [0.717, 1.165) is 66.5 Å². The smallest absolute Gasteiger partial charge is 0.299 e. The highest BCUT2D eigenvalue weighted by molar-refractivity contribution is 7.30. The Labute approximate surface area is 297 Å². The third kappa shape index (κ3) is 7.21. The van der Waals surface area contributed by atoms with Crippen LogP contribution in [-0.4, -0.2) is 18.4 Å². The number of aliphatic hydroxyl groups excluding tert-OH is 1. The van der Waals surface area contributed by atoms with Gasteiger partial charge in [0.2, 0.25) is 5.76 Å². The van der Waals surface area contributed by atoms with Crippen molar-refractivity contribution in [3.8, 4) is 33.0 Å². The van der Waals surface area contributed by atoms with Gasteiger partial charge >= 0.3 is 0 Å². The summed E-state index contributed by atoms with van der Waals surface area (Å²) < 4.78 is 9.18. The summed E-state index contributed by atoms with van der Waals surface area (Å²) in [5, 5.41) is 27.6. The lowest BCUT2D eigenvalue weighted by molar-refractivity contribution is -0.124. The minimum absolute atomic E-state index is 0.0310. The van der Waals surface area contributed by atoms with Crippen LogP contribution in [0.4, 0.5) is 17.1 Å². The molecular formula is C38H23N3O4S4. The number of nitrogens with zero attached hydrogens (tertiary/aromatic N) is 3. The molecule has 7 rings (SSSR count). The van der Waals surface area contributed by atoms with Crippen molar-refractivity contribution in [3.63, 3.8) is 0 Å². The van der Waals surface area contributed by atoms with E-state index in [2.05, 4.69) is 77.7 Å². The summed E-state index contributed by atoms with van der Waals surface area (Å²) in [6.45, 7) is 2.26. The zero-order valence-corrected chi connectivity index (χ0v) is 28.7. The molecule has 0 radical (unpaired) electrons. The number of anilines is 3. The average molecular weight is 714 g/mol. The topological polar surface area (TPSA) is 114 Å². The largest absolute Gasteiger partial charge is 0.499 e. The molecule has 0 saturated carbocycles. The normalized spacial score (nSPS) is 11.4. The van der Waals surface area contributed by atoms with Crippen LogP contribution in [0.1, 0.15) is 9.75 Å². The van der Waals surface area contributed by atoms with Crippen LogP contribution in [0.15, 0.2) is 115 Å². The first-order valence-electron chi connectivity index (χ1n) is 14.5. The maximum Gasteiger partial charge on any atom is 0.299 e. The summed E-state index contributed by atoms with van der Waals surface area (Å²) in [6, 6.07) is 39.4. The summed E-state index contributed by atoms with van der Waals surface area (Å²) >= 11 is 6.47. The number of benzene rings is 3. The molecule has 4 aromatic heterocycles.